The Morgan fingerprint density at radius 2 is 1.87 bits per heavy atom. The van der Waals surface area contributed by atoms with Crippen LogP contribution in [-0.4, -0.2) is 83.5 Å². The molecule has 0 saturated carbocycles. The summed E-state index contributed by atoms with van der Waals surface area (Å²) in [6.07, 6.45) is 0.930. The number of piperazine rings is 1. The third-order valence-electron chi connectivity index (χ3n) is 4.48. The molecule has 0 spiro atoms. The highest BCUT2D eigenvalue weighted by molar-refractivity contribution is 9.09. The van der Waals surface area contributed by atoms with E-state index < -0.39 is 25.1 Å². The zero-order chi connectivity index (χ0) is 22.5. The van der Waals surface area contributed by atoms with Crippen LogP contribution in [0.15, 0.2) is 17.0 Å². The number of non-ortho nitro benzene ring substituents is 1. The van der Waals surface area contributed by atoms with Crippen LogP contribution in [0.2, 0.25) is 0 Å². The Bertz CT molecular complexity index is 980. The number of nitrogens with one attached hydrogen (secondary N) is 1. The molecule has 0 bridgehead atoms. The second-order valence-electron chi connectivity index (χ2n) is 6.72. The van der Waals surface area contributed by atoms with Gasteiger partial charge in [0.2, 0.25) is 10.0 Å². The summed E-state index contributed by atoms with van der Waals surface area (Å²) in [6, 6.07) is 2.38. The first-order chi connectivity index (χ1) is 14.0. The van der Waals surface area contributed by atoms with E-state index >= 15 is 0 Å². The minimum Gasteiger partial charge on any atom is -0.367 e. The Morgan fingerprint density at radius 3 is 2.40 bits per heavy atom. The van der Waals surface area contributed by atoms with Crippen LogP contribution in [-0.2, 0) is 24.3 Å². The maximum absolute atomic E-state index is 13.4. The molecule has 1 aromatic carbocycles. The van der Waals surface area contributed by atoms with E-state index in [1.807, 2.05) is 0 Å². The molecule has 2 rings (SSSR count). The van der Waals surface area contributed by atoms with Gasteiger partial charge in [-0.3, -0.25) is 14.3 Å². The topological polar surface area (TPSA) is 139 Å². The summed E-state index contributed by atoms with van der Waals surface area (Å²) in [5.74, 6) is 0. The molecule has 1 aliphatic rings. The van der Waals surface area contributed by atoms with Gasteiger partial charge in [-0.25, -0.2) is 8.42 Å². The van der Waals surface area contributed by atoms with Gasteiger partial charge < -0.3 is 10.2 Å². The van der Waals surface area contributed by atoms with Crippen molar-refractivity contribution in [1.29, 1.82) is 0 Å². The van der Waals surface area contributed by atoms with E-state index in [9.17, 15) is 26.9 Å². The normalized spacial score (nSPS) is 15.8. The maximum atomic E-state index is 13.4. The third kappa shape index (κ3) is 6.34. The van der Waals surface area contributed by atoms with Gasteiger partial charge in [0.1, 0.15) is 4.90 Å². The number of benzene rings is 1. The van der Waals surface area contributed by atoms with Crippen LogP contribution in [0.5, 0.6) is 0 Å². The van der Waals surface area contributed by atoms with Crippen LogP contribution in [0.3, 0.4) is 0 Å². The molecule has 14 heteroatoms. The Balaban J connectivity index is 2.56. The van der Waals surface area contributed by atoms with Gasteiger partial charge in [0, 0.05) is 56.7 Å². The fraction of sp³-hybridized carbons (Fsp3) is 0.625. The van der Waals surface area contributed by atoms with Gasteiger partial charge in [-0.1, -0.05) is 15.9 Å². The molecule has 0 aromatic heterocycles. The van der Waals surface area contributed by atoms with Crippen molar-refractivity contribution in [3.63, 3.8) is 0 Å². The molecule has 0 aliphatic carbocycles. The fourth-order valence-electron chi connectivity index (χ4n) is 3.20. The number of nitro benzene ring substituents is 1. The molecule has 1 N–H and O–H groups in total. The molecule has 1 aromatic rings. The molecule has 11 nitrogen and oxygen atoms in total. The summed E-state index contributed by atoms with van der Waals surface area (Å²) >= 11 is 3.32. The molecule has 1 heterocycles. The number of rotatable bonds is 10. The van der Waals surface area contributed by atoms with E-state index in [4.69, 9.17) is 4.18 Å². The third-order valence-corrected chi connectivity index (χ3v) is 7.35. The molecular weight excluding hydrogens is 504 g/mol. The molecule has 0 unspecified atom stereocenters. The molecule has 0 atom stereocenters. The number of hydrogen-bond acceptors (Lipinski definition) is 9. The van der Waals surface area contributed by atoms with E-state index in [-0.39, 0.29) is 36.8 Å². The Morgan fingerprint density at radius 1 is 1.23 bits per heavy atom. The van der Waals surface area contributed by atoms with Crippen LogP contribution in [0.25, 0.3) is 0 Å². The number of halogens is 1. The summed E-state index contributed by atoms with van der Waals surface area (Å²) in [5, 5.41) is 14.9. The predicted molar refractivity (Wildman–Crippen MR) is 116 cm³/mol. The van der Waals surface area contributed by atoms with Crippen LogP contribution in [0.1, 0.15) is 5.56 Å². The summed E-state index contributed by atoms with van der Waals surface area (Å²) in [4.78, 5) is 12.2. The number of anilines is 1. The molecule has 30 heavy (non-hydrogen) atoms. The lowest BCUT2D eigenvalue weighted by Crippen LogP contribution is -2.46. The number of alkyl halides is 1. The zero-order valence-corrected chi connectivity index (χ0v) is 19.9. The highest BCUT2D eigenvalue weighted by Crippen LogP contribution is 2.35. The predicted octanol–water partition coefficient (Wildman–Crippen LogP) is 0.675. The fourth-order valence-corrected chi connectivity index (χ4v) is 5.75. The highest BCUT2D eigenvalue weighted by atomic mass is 79.9. The standard InChI is InChI=1S/C16H25BrN4O7S2/c1-13-11-14(21(22)23)12-15(30(26,27)20-7-4-18-5-8-20)16(13)19(6-3-17)9-10-28-29(2,24)25/h11-12,18H,3-10H2,1-2H3. The summed E-state index contributed by atoms with van der Waals surface area (Å²) < 4.78 is 55.5. The van der Waals surface area contributed by atoms with Gasteiger partial charge in [-0.15, -0.1) is 0 Å². The van der Waals surface area contributed by atoms with Crippen molar-refractivity contribution >= 4 is 47.4 Å². The summed E-state index contributed by atoms with van der Waals surface area (Å²) in [5.41, 5.74) is 0.380. The van der Waals surface area contributed by atoms with E-state index in [0.29, 0.717) is 36.2 Å². The molecular formula is C16H25BrN4O7S2. The lowest BCUT2D eigenvalue weighted by Gasteiger charge is -2.31. The first-order valence-electron chi connectivity index (χ1n) is 9.12. The zero-order valence-electron chi connectivity index (χ0n) is 16.7. The first kappa shape index (κ1) is 24.9. The van der Waals surface area contributed by atoms with Crippen molar-refractivity contribution < 1.29 is 25.9 Å². The SMILES string of the molecule is Cc1cc([N+](=O)[O-])cc(S(=O)(=O)N2CCNCC2)c1N(CCBr)CCOS(C)(=O)=O. The molecule has 1 saturated heterocycles. The second kappa shape index (κ2) is 10.3. The quantitative estimate of drug-likeness (QED) is 0.201. The molecule has 1 aliphatic heterocycles. The van der Waals surface area contributed by atoms with Crippen molar-refractivity contribution in [1.82, 2.24) is 9.62 Å². The van der Waals surface area contributed by atoms with Crippen molar-refractivity contribution in [3.05, 3.63) is 27.8 Å². The van der Waals surface area contributed by atoms with Gasteiger partial charge in [-0.05, 0) is 12.5 Å². The lowest BCUT2D eigenvalue weighted by molar-refractivity contribution is -0.385. The first-order valence-corrected chi connectivity index (χ1v) is 13.5. The van der Waals surface area contributed by atoms with Crippen LogP contribution >= 0.6 is 15.9 Å². The van der Waals surface area contributed by atoms with Crippen molar-refractivity contribution in [2.75, 3.05) is 62.4 Å². The molecule has 0 amide bonds. The molecule has 0 radical (unpaired) electrons. The number of hydrogen-bond donors (Lipinski definition) is 1. The minimum atomic E-state index is -4.02. The summed E-state index contributed by atoms with van der Waals surface area (Å²) in [6.45, 7) is 3.30. The van der Waals surface area contributed by atoms with Gasteiger partial charge in [0.25, 0.3) is 15.8 Å². The van der Waals surface area contributed by atoms with E-state index in [1.165, 1.54) is 10.4 Å². The minimum absolute atomic E-state index is 0.0847. The maximum Gasteiger partial charge on any atom is 0.271 e. The van der Waals surface area contributed by atoms with Crippen molar-refractivity contribution in [2.24, 2.45) is 0 Å². The monoisotopic (exact) mass is 528 g/mol. The van der Waals surface area contributed by atoms with Crippen LogP contribution < -0.4 is 10.2 Å². The van der Waals surface area contributed by atoms with Gasteiger partial charge in [0.15, 0.2) is 0 Å². The van der Waals surface area contributed by atoms with Crippen molar-refractivity contribution in [2.45, 2.75) is 11.8 Å². The largest absolute Gasteiger partial charge is 0.367 e. The van der Waals surface area contributed by atoms with Gasteiger partial charge >= 0.3 is 0 Å². The van der Waals surface area contributed by atoms with Gasteiger partial charge in [-0.2, -0.15) is 12.7 Å². The smallest absolute Gasteiger partial charge is 0.271 e. The Hall–Kier alpha value is -1.32. The van der Waals surface area contributed by atoms with Crippen molar-refractivity contribution in [3.8, 4) is 0 Å². The average Bonchev–Trinajstić information content (AvgIpc) is 2.66. The molecule has 1 fully saturated rings. The second-order valence-corrected chi connectivity index (χ2v) is 11.1. The lowest BCUT2D eigenvalue weighted by atomic mass is 10.1. The number of sulfonamides is 1. The number of nitrogens with zero attached hydrogens (tertiary/aromatic N) is 3. The van der Waals surface area contributed by atoms with E-state index in [1.54, 1.807) is 11.8 Å². The Kier molecular flexibility index (Phi) is 8.59. The van der Waals surface area contributed by atoms with E-state index in [0.717, 1.165) is 12.3 Å². The van der Waals surface area contributed by atoms with Gasteiger partial charge in [0.05, 0.1) is 23.5 Å². The highest BCUT2D eigenvalue weighted by Gasteiger charge is 2.32. The summed E-state index contributed by atoms with van der Waals surface area (Å²) in [7, 11) is -7.68. The molecule has 170 valence electrons. The Labute approximate surface area is 184 Å². The van der Waals surface area contributed by atoms with Crippen LogP contribution in [0, 0.1) is 17.0 Å². The number of aryl methyl sites for hydroxylation is 1. The van der Waals surface area contributed by atoms with E-state index in [2.05, 4.69) is 21.2 Å². The van der Waals surface area contributed by atoms with Crippen LogP contribution in [0.4, 0.5) is 11.4 Å². The average molecular weight is 529 g/mol. The number of nitro groups is 1.